The molecule has 0 atom stereocenters. The van der Waals surface area contributed by atoms with Crippen LogP contribution in [0.5, 0.6) is 11.5 Å². The van der Waals surface area contributed by atoms with Crippen molar-refractivity contribution in [1.29, 1.82) is 0 Å². The molecular weight excluding hydrogens is 390 g/mol. The van der Waals surface area contributed by atoms with Crippen LogP contribution in [-0.4, -0.2) is 49.9 Å². The minimum absolute atomic E-state index is 0.286. The molecule has 0 aromatic heterocycles. The molecule has 7 heteroatoms. The summed E-state index contributed by atoms with van der Waals surface area (Å²) in [5, 5.41) is 0. The summed E-state index contributed by atoms with van der Waals surface area (Å²) in [5.41, 5.74) is 1.80. The summed E-state index contributed by atoms with van der Waals surface area (Å²) in [4.78, 5) is 26.8. The van der Waals surface area contributed by atoms with Crippen molar-refractivity contribution < 1.29 is 23.8 Å². The van der Waals surface area contributed by atoms with Crippen LogP contribution in [0.25, 0.3) is 6.08 Å². The lowest BCUT2D eigenvalue weighted by Gasteiger charge is -2.21. The van der Waals surface area contributed by atoms with Crippen LogP contribution < -0.4 is 9.47 Å². The van der Waals surface area contributed by atoms with Crippen LogP contribution in [0.2, 0.25) is 0 Å². The fraction of sp³-hybridized carbons (Fsp3) is 0.273. The molecule has 0 spiro atoms. The van der Waals surface area contributed by atoms with E-state index in [9.17, 15) is 9.59 Å². The molecule has 29 heavy (non-hydrogen) atoms. The number of benzene rings is 2. The monoisotopic (exact) mass is 413 g/mol. The van der Waals surface area contributed by atoms with Gasteiger partial charge < -0.3 is 19.1 Å². The molecule has 0 aliphatic carbocycles. The van der Waals surface area contributed by atoms with Crippen molar-refractivity contribution in [3.05, 3.63) is 59.7 Å². The van der Waals surface area contributed by atoms with Crippen LogP contribution >= 0.6 is 11.8 Å². The molecule has 1 aliphatic heterocycles. The number of hydrogen-bond acceptors (Lipinski definition) is 6. The lowest BCUT2D eigenvalue weighted by atomic mass is 10.2. The third kappa shape index (κ3) is 6.02. The van der Waals surface area contributed by atoms with E-state index in [0.29, 0.717) is 31.3 Å². The van der Waals surface area contributed by atoms with E-state index in [2.05, 4.69) is 0 Å². The maximum atomic E-state index is 12.3. The highest BCUT2D eigenvalue weighted by Crippen LogP contribution is 2.31. The summed E-state index contributed by atoms with van der Waals surface area (Å²) < 4.78 is 16.1. The Labute approximate surface area is 174 Å². The SMILES string of the molecule is CSc1ccc(/C=C/C(=O)OCC(=O)N(C)Cc2ccc3c(c2)OCCO3)cc1. The Balaban J connectivity index is 1.46. The van der Waals surface area contributed by atoms with Gasteiger partial charge in [0.1, 0.15) is 13.2 Å². The van der Waals surface area contributed by atoms with Gasteiger partial charge in [-0.3, -0.25) is 4.79 Å². The first-order chi connectivity index (χ1) is 14.0. The Bertz CT molecular complexity index is 895. The molecule has 2 aromatic rings. The molecule has 2 aromatic carbocycles. The molecule has 152 valence electrons. The van der Waals surface area contributed by atoms with Gasteiger partial charge >= 0.3 is 5.97 Å². The molecule has 1 amide bonds. The molecule has 0 unspecified atom stereocenters. The number of carbonyl (C=O) groups is 2. The van der Waals surface area contributed by atoms with Crippen molar-refractivity contribution in [2.24, 2.45) is 0 Å². The molecule has 0 saturated carbocycles. The van der Waals surface area contributed by atoms with Crippen LogP contribution in [0.4, 0.5) is 0 Å². The van der Waals surface area contributed by atoms with Gasteiger partial charge in [0, 0.05) is 24.6 Å². The van der Waals surface area contributed by atoms with Crippen molar-refractivity contribution in [2.45, 2.75) is 11.4 Å². The van der Waals surface area contributed by atoms with Crippen molar-refractivity contribution in [1.82, 2.24) is 4.90 Å². The van der Waals surface area contributed by atoms with Gasteiger partial charge in [-0.1, -0.05) is 18.2 Å². The smallest absolute Gasteiger partial charge is 0.331 e. The quantitative estimate of drug-likeness (QED) is 0.394. The normalized spacial score (nSPS) is 12.6. The van der Waals surface area contributed by atoms with Crippen molar-refractivity contribution in [3.8, 4) is 11.5 Å². The zero-order valence-corrected chi connectivity index (χ0v) is 17.2. The van der Waals surface area contributed by atoms with E-state index in [4.69, 9.17) is 14.2 Å². The summed E-state index contributed by atoms with van der Waals surface area (Å²) in [6, 6.07) is 13.4. The molecule has 1 heterocycles. The van der Waals surface area contributed by atoms with Gasteiger partial charge in [0.05, 0.1) is 0 Å². The molecule has 0 fully saturated rings. The van der Waals surface area contributed by atoms with E-state index in [1.54, 1.807) is 24.9 Å². The Kier molecular flexibility index (Phi) is 7.19. The zero-order valence-electron chi connectivity index (χ0n) is 16.4. The number of carbonyl (C=O) groups excluding carboxylic acids is 2. The second-order valence-electron chi connectivity index (χ2n) is 6.44. The number of rotatable bonds is 7. The molecule has 0 bridgehead atoms. The van der Waals surface area contributed by atoms with Gasteiger partial charge in [-0.15, -0.1) is 11.8 Å². The first-order valence-corrected chi connectivity index (χ1v) is 10.4. The van der Waals surface area contributed by atoms with Crippen molar-refractivity contribution in [3.63, 3.8) is 0 Å². The second kappa shape index (κ2) is 10.0. The Hall–Kier alpha value is -2.93. The maximum absolute atomic E-state index is 12.3. The van der Waals surface area contributed by atoms with E-state index in [0.717, 1.165) is 16.0 Å². The summed E-state index contributed by atoms with van der Waals surface area (Å²) in [6.07, 6.45) is 4.99. The molecular formula is C22H23NO5S. The minimum Gasteiger partial charge on any atom is -0.486 e. The molecule has 0 radical (unpaired) electrons. The number of hydrogen-bond donors (Lipinski definition) is 0. The predicted molar refractivity (Wildman–Crippen MR) is 112 cm³/mol. The third-order valence-corrected chi connectivity index (χ3v) is 5.06. The lowest BCUT2D eigenvalue weighted by Crippen LogP contribution is -2.30. The number of esters is 1. The van der Waals surface area contributed by atoms with Crippen molar-refractivity contribution in [2.75, 3.05) is 33.1 Å². The van der Waals surface area contributed by atoms with Crippen LogP contribution in [0.1, 0.15) is 11.1 Å². The minimum atomic E-state index is -0.556. The molecule has 0 saturated heterocycles. The first-order valence-electron chi connectivity index (χ1n) is 9.16. The van der Waals surface area contributed by atoms with Gasteiger partial charge in [0.2, 0.25) is 0 Å². The Morgan fingerprint density at radius 1 is 1.10 bits per heavy atom. The van der Waals surface area contributed by atoms with Crippen LogP contribution in [-0.2, 0) is 20.9 Å². The number of nitrogens with zero attached hydrogens (tertiary/aromatic N) is 1. The van der Waals surface area contributed by atoms with E-state index >= 15 is 0 Å². The van der Waals surface area contributed by atoms with Crippen LogP contribution in [0.15, 0.2) is 53.4 Å². The van der Waals surface area contributed by atoms with Gasteiger partial charge in [0.25, 0.3) is 5.91 Å². The van der Waals surface area contributed by atoms with Gasteiger partial charge in [-0.2, -0.15) is 0 Å². The highest BCUT2D eigenvalue weighted by atomic mass is 32.2. The number of thioether (sulfide) groups is 1. The lowest BCUT2D eigenvalue weighted by molar-refractivity contribution is -0.147. The Morgan fingerprint density at radius 3 is 2.55 bits per heavy atom. The van der Waals surface area contributed by atoms with Gasteiger partial charge in [0.15, 0.2) is 18.1 Å². The average Bonchev–Trinajstić information content (AvgIpc) is 2.76. The molecule has 0 N–H and O–H groups in total. The fourth-order valence-electron chi connectivity index (χ4n) is 2.72. The highest BCUT2D eigenvalue weighted by molar-refractivity contribution is 7.98. The molecule has 3 rings (SSSR count). The number of ether oxygens (including phenoxy) is 3. The third-order valence-electron chi connectivity index (χ3n) is 4.32. The summed E-state index contributed by atoms with van der Waals surface area (Å²) in [7, 11) is 1.66. The zero-order chi connectivity index (χ0) is 20.6. The predicted octanol–water partition coefficient (Wildman–Crippen LogP) is 3.39. The molecule has 1 aliphatic rings. The first kappa shape index (κ1) is 20.8. The van der Waals surface area contributed by atoms with Crippen LogP contribution in [0, 0.1) is 0 Å². The number of amides is 1. The largest absolute Gasteiger partial charge is 0.486 e. The average molecular weight is 413 g/mol. The van der Waals surface area contributed by atoms with Gasteiger partial charge in [-0.25, -0.2) is 4.79 Å². The van der Waals surface area contributed by atoms with E-state index in [-0.39, 0.29) is 12.5 Å². The fourth-order valence-corrected chi connectivity index (χ4v) is 3.13. The summed E-state index contributed by atoms with van der Waals surface area (Å²) in [5.74, 6) is 0.542. The maximum Gasteiger partial charge on any atom is 0.331 e. The van der Waals surface area contributed by atoms with E-state index in [1.165, 1.54) is 11.0 Å². The summed E-state index contributed by atoms with van der Waals surface area (Å²) in [6.45, 7) is 1.12. The molecule has 6 nitrogen and oxygen atoms in total. The van der Waals surface area contributed by atoms with E-state index in [1.807, 2.05) is 48.7 Å². The van der Waals surface area contributed by atoms with E-state index < -0.39 is 5.97 Å². The Morgan fingerprint density at radius 2 is 1.83 bits per heavy atom. The standard InChI is InChI=1S/C22H23NO5S/c1-23(14-17-5-9-19-20(13-17)27-12-11-26-19)21(24)15-28-22(25)10-6-16-3-7-18(29-2)8-4-16/h3-10,13H,11-12,14-15H2,1-2H3/b10-6+. The second-order valence-corrected chi connectivity index (χ2v) is 7.32. The summed E-state index contributed by atoms with van der Waals surface area (Å²) >= 11 is 1.65. The topological polar surface area (TPSA) is 65.1 Å². The highest BCUT2D eigenvalue weighted by Gasteiger charge is 2.15. The number of likely N-dealkylation sites (N-methyl/N-ethyl adjacent to an activating group) is 1. The van der Waals surface area contributed by atoms with Crippen molar-refractivity contribution >= 4 is 29.7 Å². The number of fused-ring (bicyclic) bond motifs is 1. The van der Waals surface area contributed by atoms with Crippen LogP contribution in [0.3, 0.4) is 0 Å². The van der Waals surface area contributed by atoms with Gasteiger partial charge in [-0.05, 0) is 47.7 Å².